The third-order valence-corrected chi connectivity index (χ3v) is 5.04. The van der Waals surface area contributed by atoms with Gasteiger partial charge in [-0.1, -0.05) is 0 Å². The van der Waals surface area contributed by atoms with Gasteiger partial charge in [0.25, 0.3) is 5.56 Å². The lowest BCUT2D eigenvalue weighted by atomic mass is 9.87. The molecule has 0 saturated carbocycles. The Balaban J connectivity index is 1.85. The van der Waals surface area contributed by atoms with Gasteiger partial charge < -0.3 is 9.47 Å². The maximum atomic E-state index is 12.3. The molecule has 0 unspecified atom stereocenters. The second-order valence-corrected chi connectivity index (χ2v) is 6.75. The van der Waals surface area contributed by atoms with E-state index in [4.69, 9.17) is 0 Å². The number of anilines is 1. The van der Waals surface area contributed by atoms with Crippen molar-refractivity contribution >= 4 is 5.82 Å². The minimum absolute atomic E-state index is 0.0544. The summed E-state index contributed by atoms with van der Waals surface area (Å²) in [5, 5.41) is 4.33. The molecule has 1 fully saturated rings. The van der Waals surface area contributed by atoms with Crippen molar-refractivity contribution in [3.8, 4) is 0 Å². The topological polar surface area (TPSA) is 59.2 Å². The maximum Gasteiger partial charge on any atom is 0.293 e. The number of aromatic nitrogens is 4. The van der Waals surface area contributed by atoms with Gasteiger partial charge in [0.15, 0.2) is 5.82 Å². The van der Waals surface area contributed by atoms with Crippen LogP contribution in [0, 0.1) is 5.92 Å². The van der Waals surface area contributed by atoms with E-state index in [9.17, 15) is 4.79 Å². The van der Waals surface area contributed by atoms with E-state index in [1.165, 1.54) is 12.1 Å². The Kier molecular flexibility index (Phi) is 4.71. The first-order chi connectivity index (χ1) is 11.5. The van der Waals surface area contributed by atoms with Crippen LogP contribution in [-0.4, -0.2) is 51.4 Å². The molecule has 0 aliphatic carbocycles. The molecule has 2 aromatic rings. The van der Waals surface area contributed by atoms with Crippen LogP contribution in [0.15, 0.2) is 29.5 Å². The molecule has 0 radical (unpaired) electrons. The molecule has 1 saturated heterocycles. The highest BCUT2D eigenvalue weighted by atomic mass is 16.1. The zero-order chi connectivity index (χ0) is 17.3. The van der Waals surface area contributed by atoms with Gasteiger partial charge in [-0.2, -0.15) is 5.10 Å². The van der Waals surface area contributed by atoms with Crippen molar-refractivity contribution in [1.29, 1.82) is 0 Å². The fourth-order valence-corrected chi connectivity index (χ4v) is 3.78. The lowest BCUT2D eigenvalue weighted by Crippen LogP contribution is -2.43. The molecule has 3 heterocycles. The predicted octanol–water partition coefficient (Wildman–Crippen LogP) is 1.03. The van der Waals surface area contributed by atoms with E-state index in [2.05, 4.69) is 28.1 Å². The quantitative estimate of drug-likeness (QED) is 0.838. The Bertz CT molecular complexity index is 752. The molecular formula is C17H26N6O. The fourth-order valence-electron chi connectivity index (χ4n) is 3.78. The van der Waals surface area contributed by atoms with E-state index in [0.29, 0.717) is 17.8 Å². The van der Waals surface area contributed by atoms with Gasteiger partial charge in [-0.3, -0.25) is 14.4 Å². The van der Waals surface area contributed by atoms with Gasteiger partial charge in [0, 0.05) is 46.3 Å². The van der Waals surface area contributed by atoms with Gasteiger partial charge in [0.1, 0.15) is 0 Å². The van der Waals surface area contributed by atoms with Crippen molar-refractivity contribution in [3.63, 3.8) is 0 Å². The van der Waals surface area contributed by atoms with E-state index in [-0.39, 0.29) is 5.56 Å². The van der Waals surface area contributed by atoms with Gasteiger partial charge in [0.05, 0.1) is 11.7 Å². The summed E-state index contributed by atoms with van der Waals surface area (Å²) in [6.07, 6.45) is 7.53. The number of nitrogens with zero attached hydrogens (tertiary/aromatic N) is 6. The smallest absolute Gasteiger partial charge is 0.293 e. The van der Waals surface area contributed by atoms with E-state index in [0.717, 1.165) is 19.5 Å². The van der Waals surface area contributed by atoms with Crippen LogP contribution in [0.25, 0.3) is 0 Å². The summed E-state index contributed by atoms with van der Waals surface area (Å²) in [6.45, 7) is 1.88. The van der Waals surface area contributed by atoms with Crippen molar-refractivity contribution in [2.75, 3.05) is 32.1 Å². The number of likely N-dealkylation sites (tertiary alicyclic amines) is 1. The van der Waals surface area contributed by atoms with Crippen LogP contribution in [0.1, 0.15) is 24.6 Å². The summed E-state index contributed by atoms with van der Waals surface area (Å²) in [4.78, 5) is 21.0. The Morgan fingerprint density at radius 3 is 2.79 bits per heavy atom. The summed E-state index contributed by atoms with van der Waals surface area (Å²) >= 11 is 0. The largest absolute Gasteiger partial charge is 0.355 e. The SMILES string of the molecule is CN(C[C@@H]1CCCN(C)[C@H]1c1ccnn1C)c1nccn(C)c1=O. The van der Waals surface area contributed by atoms with Crippen LogP contribution < -0.4 is 10.5 Å². The molecule has 0 N–H and O–H groups in total. The van der Waals surface area contributed by atoms with Crippen molar-refractivity contribution in [1.82, 2.24) is 24.2 Å². The van der Waals surface area contributed by atoms with Gasteiger partial charge >= 0.3 is 0 Å². The minimum atomic E-state index is -0.0544. The monoisotopic (exact) mass is 330 g/mol. The summed E-state index contributed by atoms with van der Waals surface area (Å²) < 4.78 is 3.53. The lowest BCUT2D eigenvalue weighted by molar-refractivity contribution is 0.117. The lowest BCUT2D eigenvalue weighted by Gasteiger charge is -2.40. The number of aryl methyl sites for hydroxylation is 2. The second kappa shape index (κ2) is 6.76. The fraction of sp³-hybridized carbons (Fsp3) is 0.588. The van der Waals surface area contributed by atoms with Crippen molar-refractivity contribution < 1.29 is 0 Å². The molecule has 130 valence electrons. The van der Waals surface area contributed by atoms with E-state index < -0.39 is 0 Å². The Hall–Kier alpha value is -2.15. The van der Waals surface area contributed by atoms with Crippen LogP contribution >= 0.6 is 0 Å². The van der Waals surface area contributed by atoms with Crippen molar-refractivity contribution in [2.24, 2.45) is 20.0 Å². The second-order valence-electron chi connectivity index (χ2n) is 6.75. The van der Waals surface area contributed by atoms with Crippen molar-refractivity contribution in [3.05, 3.63) is 40.7 Å². The molecule has 7 heteroatoms. The molecule has 0 amide bonds. The van der Waals surface area contributed by atoms with Crippen LogP contribution in [0.3, 0.4) is 0 Å². The average molecular weight is 330 g/mol. The van der Waals surface area contributed by atoms with Gasteiger partial charge in [-0.15, -0.1) is 0 Å². The molecule has 3 rings (SSSR count). The van der Waals surface area contributed by atoms with E-state index in [1.54, 1.807) is 24.0 Å². The first kappa shape index (κ1) is 16.7. The molecule has 1 aliphatic rings. The number of rotatable bonds is 4. The molecule has 0 spiro atoms. The highest BCUT2D eigenvalue weighted by Crippen LogP contribution is 2.35. The number of hydrogen-bond donors (Lipinski definition) is 0. The minimum Gasteiger partial charge on any atom is -0.355 e. The van der Waals surface area contributed by atoms with Gasteiger partial charge in [0.2, 0.25) is 0 Å². The van der Waals surface area contributed by atoms with E-state index >= 15 is 0 Å². The van der Waals surface area contributed by atoms with E-state index in [1.807, 2.05) is 29.9 Å². The zero-order valence-electron chi connectivity index (χ0n) is 14.9. The standard InChI is InChI=1S/C17H26N6O/c1-20-10-5-6-13(15(20)14-7-8-19-23(14)4)12-22(3)16-17(24)21(2)11-9-18-16/h7-9,11,13,15H,5-6,10,12H2,1-4H3/t13-,15+/m0/s1. The van der Waals surface area contributed by atoms with Crippen LogP contribution in [-0.2, 0) is 14.1 Å². The molecule has 0 bridgehead atoms. The zero-order valence-corrected chi connectivity index (χ0v) is 14.9. The Morgan fingerprint density at radius 2 is 2.08 bits per heavy atom. The third kappa shape index (κ3) is 3.08. The molecule has 24 heavy (non-hydrogen) atoms. The normalized spacial score (nSPS) is 21.8. The average Bonchev–Trinajstić information content (AvgIpc) is 2.96. The summed E-state index contributed by atoms with van der Waals surface area (Å²) in [5.41, 5.74) is 1.17. The van der Waals surface area contributed by atoms with Crippen LogP contribution in [0.4, 0.5) is 5.82 Å². The molecular weight excluding hydrogens is 304 g/mol. The summed E-state index contributed by atoms with van der Waals surface area (Å²) in [7, 11) is 7.88. The number of piperidine rings is 1. The maximum absolute atomic E-state index is 12.3. The molecule has 2 aromatic heterocycles. The van der Waals surface area contributed by atoms with Gasteiger partial charge in [-0.05, 0) is 38.4 Å². The van der Waals surface area contributed by atoms with Crippen LogP contribution in [0.5, 0.6) is 0 Å². The third-order valence-electron chi connectivity index (χ3n) is 5.04. The first-order valence-electron chi connectivity index (χ1n) is 8.40. The Morgan fingerprint density at radius 1 is 1.29 bits per heavy atom. The highest BCUT2D eigenvalue weighted by molar-refractivity contribution is 5.34. The van der Waals surface area contributed by atoms with Crippen LogP contribution in [0.2, 0.25) is 0 Å². The molecule has 2 atom stereocenters. The number of hydrogen-bond acceptors (Lipinski definition) is 5. The molecule has 0 aromatic carbocycles. The van der Waals surface area contributed by atoms with Crippen molar-refractivity contribution in [2.45, 2.75) is 18.9 Å². The van der Waals surface area contributed by atoms with Gasteiger partial charge in [-0.25, -0.2) is 4.98 Å². The summed E-state index contributed by atoms with van der Waals surface area (Å²) in [5.74, 6) is 0.938. The first-order valence-corrected chi connectivity index (χ1v) is 8.40. The molecule has 7 nitrogen and oxygen atoms in total. The predicted molar refractivity (Wildman–Crippen MR) is 94.1 cm³/mol. The Labute approximate surface area is 142 Å². The summed E-state index contributed by atoms with van der Waals surface area (Å²) in [6, 6.07) is 2.40. The molecule has 1 aliphatic heterocycles. The highest BCUT2D eigenvalue weighted by Gasteiger charge is 2.33.